The summed E-state index contributed by atoms with van der Waals surface area (Å²) in [5, 5.41) is 0. The Morgan fingerprint density at radius 2 is 1.11 bits per heavy atom. The number of nitrogens with zero attached hydrogens (tertiary/aromatic N) is 2. The Morgan fingerprint density at radius 1 is 0.643 bits per heavy atom. The van der Waals surface area contributed by atoms with Crippen LogP contribution in [0, 0.1) is 13.8 Å². The highest BCUT2D eigenvalue weighted by molar-refractivity contribution is 5.55. The lowest BCUT2D eigenvalue weighted by molar-refractivity contribution is 0.460. The molecule has 0 amide bonds. The predicted molar refractivity (Wildman–Crippen MR) is 105 cm³/mol. The summed E-state index contributed by atoms with van der Waals surface area (Å²) in [4.78, 5) is 28.2. The molecule has 0 N–H and O–H groups in total. The van der Waals surface area contributed by atoms with Crippen molar-refractivity contribution in [2.45, 2.75) is 13.8 Å². The molecule has 138 valence electrons. The maximum Gasteiger partial charge on any atom is 0.240 e. The van der Waals surface area contributed by atoms with Gasteiger partial charge in [-0.15, -0.1) is 0 Å². The lowest BCUT2D eigenvalue weighted by atomic mass is 10.2. The fourth-order valence-corrected chi connectivity index (χ4v) is 2.68. The Hall–Kier alpha value is -3.98. The first-order valence-electron chi connectivity index (χ1n) is 8.40. The molecule has 28 heavy (non-hydrogen) atoms. The average molecular weight is 372 g/mol. The van der Waals surface area contributed by atoms with Gasteiger partial charge in [0.25, 0.3) is 0 Å². The van der Waals surface area contributed by atoms with E-state index in [1.807, 2.05) is 26.0 Å². The normalized spacial score (nSPS) is 9.79. The number of benzene rings is 3. The van der Waals surface area contributed by atoms with Gasteiger partial charge in [-0.25, -0.2) is 9.59 Å². The number of rotatable bonds is 6. The Balaban J connectivity index is 1.83. The molecule has 0 spiro atoms. The van der Waals surface area contributed by atoms with Gasteiger partial charge in [-0.05, 0) is 61.4 Å². The third-order valence-electron chi connectivity index (χ3n) is 3.70. The van der Waals surface area contributed by atoms with Gasteiger partial charge in [0.05, 0.1) is 11.4 Å². The third kappa shape index (κ3) is 5.02. The van der Waals surface area contributed by atoms with Crippen LogP contribution in [0.5, 0.6) is 23.0 Å². The lowest BCUT2D eigenvalue weighted by Crippen LogP contribution is -1.88. The molecule has 0 aliphatic carbocycles. The van der Waals surface area contributed by atoms with Crippen molar-refractivity contribution < 1.29 is 19.1 Å². The standard InChI is InChI=1S/C22H16N2O4/c1-15-6-17(23-13-25)10-21(8-15)27-19-4-3-5-20(12-19)28-22-9-16(2)7-18(11-22)24-14-26/h3-12H,1-2H3. The van der Waals surface area contributed by atoms with Crippen LogP contribution in [0.2, 0.25) is 0 Å². The van der Waals surface area contributed by atoms with Gasteiger partial charge in [0.2, 0.25) is 12.2 Å². The summed E-state index contributed by atoms with van der Waals surface area (Å²) < 4.78 is 11.7. The van der Waals surface area contributed by atoms with E-state index >= 15 is 0 Å². The first-order chi connectivity index (χ1) is 13.6. The van der Waals surface area contributed by atoms with Crippen LogP contribution in [-0.4, -0.2) is 12.2 Å². The quantitative estimate of drug-likeness (QED) is 0.403. The van der Waals surface area contributed by atoms with Crippen LogP contribution >= 0.6 is 0 Å². The van der Waals surface area contributed by atoms with Crippen molar-refractivity contribution in [3.63, 3.8) is 0 Å². The van der Waals surface area contributed by atoms with Gasteiger partial charge in [-0.1, -0.05) is 6.07 Å². The SMILES string of the molecule is Cc1cc(N=C=O)cc(Oc2cccc(Oc3cc(C)cc(N=C=O)c3)c2)c1. The molecule has 3 rings (SSSR count). The van der Waals surface area contributed by atoms with E-state index < -0.39 is 0 Å². The van der Waals surface area contributed by atoms with Gasteiger partial charge in [0, 0.05) is 18.2 Å². The highest BCUT2D eigenvalue weighted by Crippen LogP contribution is 2.32. The maximum atomic E-state index is 10.5. The second-order valence-corrected chi connectivity index (χ2v) is 6.09. The first kappa shape index (κ1) is 18.8. The molecule has 0 bridgehead atoms. The Bertz CT molecular complexity index is 1030. The summed E-state index contributed by atoms with van der Waals surface area (Å²) >= 11 is 0. The average Bonchev–Trinajstić information content (AvgIpc) is 2.61. The van der Waals surface area contributed by atoms with Crippen LogP contribution in [0.3, 0.4) is 0 Å². The molecule has 0 saturated carbocycles. The van der Waals surface area contributed by atoms with Gasteiger partial charge in [-0.3, -0.25) is 0 Å². The molecule has 0 fully saturated rings. The van der Waals surface area contributed by atoms with E-state index in [0.717, 1.165) is 11.1 Å². The van der Waals surface area contributed by atoms with Crippen LogP contribution in [0.25, 0.3) is 0 Å². The van der Waals surface area contributed by atoms with Gasteiger partial charge in [-0.2, -0.15) is 9.98 Å². The van der Waals surface area contributed by atoms with Gasteiger partial charge < -0.3 is 9.47 Å². The van der Waals surface area contributed by atoms with Crippen molar-refractivity contribution in [1.82, 2.24) is 0 Å². The Morgan fingerprint density at radius 3 is 1.54 bits per heavy atom. The molecule has 0 aliphatic heterocycles. The van der Waals surface area contributed by atoms with Gasteiger partial charge in [0.15, 0.2) is 0 Å². The topological polar surface area (TPSA) is 77.3 Å². The second kappa shape index (κ2) is 8.60. The summed E-state index contributed by atoms with van der Waals surface area (Å²) in [6.07, 6.45) is 3.05. The number of isocyanates is 2. The minimum Gasteiger partial charge on any atom is -0.457 e. The fourth-order valence-electron chi connectivity index (χ4n) is 2.68. The van der Waals surface area contributed by atoms with Crippen molar-refractivity contribution in [2.24, 2.45) is 9.98 Å². The minimum atomic E-state index is 0.473. The summed E-state index contributed by atoms with van der Waals surface area (Å²) in [6, 6.07) is 17.6. The lowest BCUT2D eigenvalue weighted by Gasteiger charge is -2.11. The number of ether oxygens (including phenoxy) is 2. The summed E-state index contributed by atoms with van der Waals surface area (Å²) in [6.45, 7) is 3.76. The van der Waals surface area contributed by atoms with Crippen LogP contribution in [0.1, 0.15) is 11.1 Å². The van der Waals surface area contributed by atoms with E-state index in [4.69, 9.17) is 9.47 Å². The van der Waals surface area contributed by atoms with E-state index in [-0.39, 0.29) is 0 Å². The molecule has 0 heterocycles. The van der Waals surface area contributed by atoms with Crippen molar-refractivity contribution in [2.75, 3.05) is 0 Å². The molecule has 3 aromatic rings. The molecule has 0 unspecified atom stereocenters. The monoisotopic (exact) mass is 372 g/mol. The molecular weight excluding hydrogens is 356 g/mol. The van der Waals surface area contributed by atoms with Crippen molar-refractivity contribution in [3.05, 3.63) is 71.8 Å². The van der Waals surface area contributed by atoms with E-state index in [2.05, 4.69) is 9.98 Å². The number of carbonyl (C=O) groups excluding carboxylic acids is 2. The number of aliphatic imine (C=N–C) groups is 2. The molecule has 0 atom stereocenters. The number of hydrogen-bond acceptors (Lipinski definition) is 6. The van der Waals surface area contributed by atoms with E-state index in [1.165, 1.54) is 12.2 Å². The highest BCUT2D eigenvalue weighted by atomic mass is 16.5. The Kier molecular flexibility index (Phi) is 5.78. The summed E-state index contributed by atoms with van der Waals surface area (Å²) in [7, 11) is 0. The summed E-state index contributed by atoms with van der Waals surface area (Å²) in [5.74, 6) is 2.21. The molecular formula is C22H16N2O4. The minimum absolute atomic E-state index is 0.473. The molecule has 6 heteroatoms. The maximum absolute atomic E-state index is 10.5. The van der Waals surface area contributed by atoms with Gasteiger partial charge in [0.1, 0.15) is 23.0 Å². The highest BCUT2D eigenvalue weighted by Gasteiger charge is 2.05. The predicted octanol–water partition coefficient (Wildman–Crippen LogP) is 5.82. The van der Waals surface area contributed by atoms with Gasteiger partial charge >= 0.3 is 0 Å². The van der Waals surface area contributed by atoms with E-state index in [0.29, 0.717) is 34.4 Å². The number of aryl methyl sites for hydroxylation is 2. The molecule has 0 aliphatic rings. The summed E-state index contributed by atoms with van der Waals surface area (Å²) in [5.41, 5.74) is 2.75. The van der Waals surface area contributed by atoms with E-state index in [9.17, 15) is 9.59 Å². The fraction of sp³-hybridized carbons (Fsp3) is 0.0909. The van der Waals surface area contributed by atoms with Crippen LogP contribution in [0.4, 0.5) is 11.4 Å². The number of hydrogen-bond donors (Lipinski definition) is 0. The van der Waals surface area contributed by atoms with E-state index in [1.54, 1.807) is 48.5 Å². The van der Waals surface area contributed by atoms with Crippen LogP contribution in [-0.2, 0) is 9.59 Å². The van der Waals surface area contributed by atoms with Crippen molar-refractivity contribution in [3.8, 4) is 23.0 Å². The molecule has 6 nitrogen and oxygen atoms in total. The zero-order valence-electron chi connectivity index (χ0n) is 15.3. The Labute approximate surface area is 161 Å². The zero-order chi connectivity index (χ0) is 19.9. The molecule has 0 saturated heterocycles. The third-order valence-corrected chi connectivity index (χ3v) is 3.70. The van der Waals surface area contributed by atoms with Crippen LogP contribution in [0.15, 0.2) is 70.6 Å². The van der Waals surface area contributed by atoms with Crippen molar-refractivity contribution in [1.29, 1.82) is 0 Å². The van der Waals surface area contributed by atoms with Crippen LogP contribution < -0.4 is 9.47 Å². The molecule has 0 aromatic heterocycles. The first-order valence-corrected chi connectivity index (χ1v) is 8.40. The largest absolute Gasteiger partial charge is 0.457 e. The zero-order valence-corrected chi connectivity index (χ0v) is 15.3. The molecule has 0 radical (unpaired) electrons. The second-order valence-electron chi connectivity index (χ2n) is 6.09. The van der Waals surface area contributed by atoms with Crippen molar-refractivity contribution >= 4 is 23.5 Å². The molecule has 3 aromatic carbocycles. The smallest absolute Gasteiger partial charge is 0.240 e.